The van der Waals surface area contributed by atoms with Gasteiger partial charge < -0.3 is 4.74 Å². The summed E-state index contributed by atoms with van der Waals surface area (Å²) in [5.41, 5.74) is 0.807. The van der Waals surface area contributed by atoms with E-state index >= 15 is 0 Å². The summed E-state index contributed by atoms with van der Waals surface area (Å²) in [5, 5.41) is 0. The summed E-state index contributed by atoms with van der Waals surface area (Å²) in [6.45, 7) is 4.46. The van der Waals surface area contributed by atoms with E-state index in [1.807, 2.05) is 43.3 Å². The smallest absolute Gasteiger partial charge is 0.158 e. The molecule has 0 heterocycles. The number of carbonyl (C=O) groups excluding carboxylic acids is 1. The average molecular weight is 246 g/mol. The predicted octanol–water partition coefficient (Wildman–Crippen LogP) is 4.16. The molecule has 0 aliphatic heterocycles. The maximum Gasteiger partial charge on any atom is 0.158 e. The fraction of sp³-hybridized carbons (Fsp3) is 0.438. The van der Waals surface area contributed by atoms with Crippen LogP contribution in [0.1, 0.15) is 39.5 Å². The zero-order valence-corrected chi connectivity index (χ0v) is 11.3. The third-order valence-corrected chi connectivity index (χ3v) is 2.83. The van der Waals surface area contributed by atoms with E-state index < -0.39 is 0 Å². The Labute approximate surface area is 110 Å². The number of ether oxygens (including phenoxy) is 1. The zero-order chi connectivity index (χ0) is 13.2. The maximum absolute atomic E-state index is 11.7. The third kappa shape index (κ3) is 5.67. The molecule has 18 heavy (non-hydrogen) atoms. The highest BCUT2D eigenvalue weighted by molar-refractivity contribution is 5.94. The van der Waals surface area contributed by atoms with Crippen molar-refractivity contribution in [3.63, 3.8) is 0 Å². The van der Waals surface area contributed by atoms with Gasteiger partial charge in [0.15, 0.2) is 5.78 Å². The number of benzene rings is 1. The molecular weight excluding hydrogens is 224 g/mol. The summed E-state index contributed by atoms with van der Waals surface area (Å²) < 4.78 is 5.52. The largest absolute Gasteiger partial charge is 0.490 e. The van der Waals surface area contributed by atoms with Gasteiger partial charge in [-0.25, -0.2) is 0 Å². The number of carbonyl (C=O) groups is 1. The molecule has 0 aromatic heterocycles. The van der Waals surface area contributed by atoms with Crippen molar-refractivity contribution in [3.8, 4) is 5.75 Å². The number of hydrogen-bond donors (Lipinski definition) is 0. The van der Waals surface area contributed by atoms with Crippen LogP contribution >= 0.6 is 0 Å². The Balaban J connectivity index is 2.30. The number of rotatable bonds is 8. The Morgan fingerprint density at radius 1 is 1.22 bits per heavy atom. The number of ketones is 1. The first-order valence-corrected chi connectivity index (χ1v) is 6.62. The SMILES string of the molecule is CCCCCC(=O)/C(C)=C/COc1ccccc1. The van der Waals surface area contributed by atoms with Crippen LogP contribution in [0.15, 0.2) is 42.0 Å². The van der Waals surface area contributed by atoms with Crippen molar-refractivity contribution in [2.75, 3.05) is 6.61 Å². The fourth-order valence-corrected chi connectivity index (χ4v) is 1.63. The highest BCUT2D eigenvalue weighted by Crippen LogP contribution is 2.09. The minimum absolute atomic E-state index is 0.236. The average Bonchev–Trinajstić information content (AvgIpc) is 2.40. The van der Waals surface area contributed by atoms with Gasteiger partial charge >= 0.3 is 0 Å². The van der Waals surface area contributed by atoms with Crippen LogP contribution in [0.2, 0.25) is 0 Å². The van der Waals surface area contributed by atoms with Crippen LogP contribution < -0.4 is 4.74 Å². The molecule has 1 rings (SSSR count). The molecule has 2 heteroatoms. The summed E-state index contributed by atoms with van der Waals surface area (Å²) in [6, 6.07) is 9.63. The van der Waals surface area contributed by atoms with Gasteiger partial charge in [0.1, 0.15) is 12.4 Å². The Kier molecular flexibility index (Phi) is 6.85. The highest BCUT2D eigenvalue weighted by atomic mass is 16.5. The van der Waals surface area contributed by atoms with Crippen LogP contribution in [0, 0.1) is 0 Å². The summed E-state index contributed by atoms with van der Waals surface area (Å²) in [7, 11) is 0. The van der Waals surface area contributed by atoms with E-state index in [0.717, 1.165) is 30.6 Å². The van der Waals surface area contributed by atoms with Gasteiger partial charge in [-0.3, -0.25) is 4.79 Å². The molecule has 0 spiro atoms. The summed E-state index contributed by atoms with van der Waals surface area (Å²) in [6.07, 6.45) is 5.77. The van der Waals surface area contributed by atoms with E-state index in [1.165, 1.54) is 0 Å². The van der Waals surface area contributed by atoms with E-state index in [2.05, 4.69) is 6.92 Å². The number of Topliss-reactive ketones (excluding diaryl/α,β-unsaturated/α-hetero) is 1. The van der Waals surface area contributed by atoms with Crippen molar-refractivity contribution < 1.29 is 9.53 Å². The standard InChI is InChI=1S/C16H22O2/c1-3-4-6-11-16(17)14(2)12-13-18-15-9-7-5-8-10-15/h5,7-10,12H,3-4,6,11,13H2,1-2H3/b14-12+. The first kappa shape index (κ1) is 14.5. The molecule has 0 fully saturated rings. The number of hydrogen-bond acceptors (Lipinski definition) is 2. The van der Waals surface area contributed by atoms with Gasteiger partial charge in [-0.05, 0) is 37.1 Å². The van der Waals surface area contributed by atoms with Gasteiger partial charge in [0.05, 0.1) is 0 Å². The molecule has 0 radical (unpaired) electrons. The third-order valence-electron chi connectivity index (χ3n) is 2.83. The Morgan fingerprint density at radius 2 is 1.94 bits per heavy atom. The van der Waals surface area contributed by atoms with E-state index in [1.54, 1.807) is 0 Å². The fourth-order valence-electron chi connectivity index (χ4n) is 1.63. The van der Waals surface area contributed by atoms with Crippen molar-refractivity contribution in [1.82, 2.24) is 0 Å². The molecule has 1 aromatic carbocycles. The van der Waals surface area contributed by atoms with Crippen LogP contribution in [0.4, 0.5) is 0 Å². The molecule has 0 unspecified atom stereocenters. The van der Waals surface area contributed by atoms with E-state index in [9.17, 15) is 4.79 Å². The van der Waals surface area contributed by atoms with E-state index in [4.69, 9.17) is 4.74 Å². The molecule has 0 aliphatic carbocycles. The molecule has 98 valence electrons. The second-order valence-electron chi connectivity index (χ2n) is 4.39. The molecule has 2 nitrogen and oxygen atoms in total. The molecule has 1 aromatic rings. The second kappa shape index (κ2) is 8.51. The van der Waals surface area contributed by atoms with Gasteiger partial charge in [-0.15, -0.1) is 0 Å². The van der Waals surface area contributed by atoms with Crippen molar-refractivity contribution >= 4 is 5.78 Å². The van der Waals surface area contributed by atoms with E-state index in [0.29, 0.717) is 13.0 Å². The number of para-hydroxylation sites is 1. The first-order chi connectivity index (χ1) is 8.74. The number of unbranched alkanes of at least 4 members (excludes halogenated alkanes) is 2. The second-order valence-corrected chi connectivity index (χ2v) is 4.39. The zero-order valence-electron chi connectivity index (χ0n) is 11.3. The van der Waals surface area contributed by atoms with E-state index in [-0.39, 0.29) is 5.78 Å². The Morgan fingerprint density at radius 3 is 2.61 bits per heavy atom. The Hall–Kier alpha value is -1.57. The predicted molar refractivity (Wildman–Crippen MR) is 74.8 cm³/mol. The quantitative estimate of drug-likeness (QED) is 0.508. The van der Waals surface area contributed by atoms with Gasteiger partial charge in [0, 0.05) is 6.42 Å². The molecule has 0 atom stereocenters. The van der Waals surface area contributed by atoms with Crippen molar-refractivity contribution in [2.45, 2.75) is 39.5 Å². The molecule has 0 N–H and O–H groups in total. The molecule has 0 saturated heterocycles. The monoisotopic (exact) mass is 246 g/mol. The van der Waals surface area contributed by atoms with Gasteiger partial charge in [-0.1, -0.05) is 38.0 Å². The van der Waals surface area contributed by atoms with Gasteiger partial charge in [0.2, 0.25) is 0 Å². The van der Waals surface area contributed by atoms with Crippen molar-refractivity contribution in [1.29, 1.82) is 0 Å². The summed E-state index contributed by atoms with van der Waals surface area (Å²) in [4.78, 5) is 11.7. The van der Waals surface area contributed by atoms with Gasteiger partial charge in [-0.2, -0.15) is 0 Å². The highest BCUT2D eigenvalue weighted by Gasteiger charge is 2.03. The van der Waals surface area contributed by atoms with Crippen molar-refractivity contribution in [3.05, 3.63) is 42.0 Å². The minimum atomic E-state index is 0.236. The summed E-state index contributed by atoms with van der Waals surface area (Å²) in [5.74, 6) is 1.07. The Bertz CT molecular complexity index is 379. The van der Waals surface area contributed by atoms with Crippen LogP contribution in [0.25, 0.3) is 0 Å². The number of allylic oxidation sites excluding steroid dienone is 1. The van der Waals surface area contributed by atoms with Crippen LogP contribution in [-0.4, -0.2) is 12.4 Å². The molecule has 0 saturated carbocycles. The lowest BCUT2D eigenvalue weighted by molar-refractivity contribution is -0.115. The molecular formula is C16H22O2. The topological polar surface area (TPSA) is 26.3 Å². The first-order valence-electron chi connectivity index (χ1n) is 6.62. The maximum atomic E-state index is 11.7. The molecule has 0 aliphatic rings. The molecule has 0 amide bonds. The van der Waals surface area contributed by atoms with Gasteiger partial charge in [0.25, 0.3) is 0 Å². The summed E-state index contributed by atoms with van der Waals surface area (Å²) >= 11 is 0. The minimum Gasteiger partial charge on any atom is -0.490 e. The van der Waals surface area contributed by atoms with Crippen LogP contribution in [0.5, 0.6) is 5.75 Å². The molecule has 0 bridgehead atoms. The van der Waals surface area contributed by atoms with Crippen LogP contribution in [-0.2, 0) is 4.79 Å². The lowest BCUT2D eigenvalue weighted by atomic mass is 10.1. The van der Waals surface area contributed by atoms with Crippen LogP contribution in [0.3, 0.4) is 0 Å². The lowest BCUT2D eigenvalue weighted by Crippen LogP contribution is -2.02. The van der Waals surface area contributed by atoms with Crippen molar-refractivity contribution in [2.24, 2.45) is 0 Å². The normalized spacial score (nSPS) is 11.3. The lowest BCUT2D eigenvalue weighted by Gasteiger charge is -2.04.